The second-order valence-electron chi connectivity index (χ2n) is 3.01. The van der Waals surface area contributed by atoms with E-state index in [2.05, 4.69) is 0 Å². The van der Waals surface area contributed by atoms with Gasteiger partial charge >= 0.3 is 0 Å². The second-order valence-corrected chi connectivity index (χ2v) is 3.01. The van der Waals surface area contributed by atoms with Crippen LogP contribution in [-0.2, 0) is 0 Å². The van der Waals surface area contributed by atoms with Crippen LogP contribution >= 0.6 is 0 Å². The summed E-state index contributed by atoms with van der Waals surface area (Å²) in [6, 6.07) is -0.576. The lowest BCUT2D eigenvalue weighted by Crippen LogP contribution is -2.16. The van der Waals surface area contributed by atoms with Gasteiger partial charge in [-0.3, -0.25) is 0 Å². The third-order valence-corrected chi connectivity index (χ3v) is 1.97. The predicted octanol–water partition coefficient (Wildman–Crippen LogP) is 1.63. The average molecular weight is 223 g/mol. The van der Waals surface area contributed by atoms with Crippen molar-refractivity contribution in [2.45, 2.75) is 12.5 Å². The minimum atomic E-state index is -1.89. The van der Waals surface area contributed by atoms with Gasteiger partial charge in [-0.2, -0.15) is 0 Å². The Bertz CT molecular complexity index is 370. The van der Waals surface area contributed by atoms with Crippen molar-refractivity contribution in [3.05, 3.63) is 34.9 Å². The molecule has 0 saturated carbocycles. The summed E-state index contributed by atoms with van der Waals surface area (Å²) in [6.45, 7) is -0.360. The second kappa shape index (κ2) is 4.59. The molecule has 0 aliphatic heterocycles. The van der Waals surface area contributed by atoms with Crippen molar-refractivity contribution in [2.24, 2.45) is 5.73 Å². The Labute approximate surface area is 83.3 Å². The molecule has 15 heavy (non-hydrogen) atoms. The Morgan fingerprint density at radius 3 is 2.27 bits per heavy atom. The van der Waals surface area contributed by atoms with E-state index in [9.17, 15) is 17.6 Å². The summed E-state index contributed by atoms with van der Waals surface area (Å²) in [5.74, 6) is -6.78. The number of benzene rings is 1. The molecule has 1 aromatic carbocycles. The normalized spacial score (nSPS) is 12.9. The summed E-state index contributed by atoms with van der Waals surface area (Å²) < 4.78 is 51.1. The molecule has 0 aliphatic rings. The van der Waals surface area contributed by atoms with Crippen molar-refractivity contribution < 1.29 is 22.7 Å². The molecule has 0 aliphatic carbocycles. The van der Waals surface area contributed by atoms with Crippen LogP contribution in [0, 0.1) is 23.3 Å². The van der Waals surface area contributed by atoms with Gasteiger partial charge in [0, 0.05) is 18.2 Å². The van der Waals surface area contributed by atoms with E-state index in [1.165, 1.54) is 0 Å². The van der Waals surface area contributed by atoms with Crippen LogP contribution in [0.5, 0.6) is 0 Å². The zero-order chi connectivity index (χ0) is 11.6. The van der Waals surface area contributed by atoms with Crippen molar-refractivity contribution in [1.29, 1.82) is 0 Å². The molecule has 0 bridgehead atoms. The maximum Gasteiger partial charge on any atom is 0.197 e. The fraction of sp³-hybridized carbons (Fsp3) is 0.333. The van der Waals surface area contributed by atoms with E-state index in [1.54, 1.807) is 0 Å². The highest BCUT2D eigenvalue weighted by Gasteiger charge is 2.21. The highest BCUT2D eigenvalue weighted by atomic mass is 19.2. The Hall–Kier alpha value is -1.14. The van der Waals surface area contributed by atoms with E-state index in [0.717, 1.165) is 0 Å². The van der Waals surface area contributed by atoms with E-state index in [1.807, 2.05) is 0 Å². The molecule has 1 aromatic rings. The van der Waals surface area contributed by atoms with E-state index >= 15 is 0 Å². The molecule has 0 amide bonds. The molecule has 1 rings (SSSR count). The van der Waals surface area contributed by atoms with Crippen LogP contribution in [0.15, 0.2) is 6.07 Å². The molecule has 0 saturated heterocycles. The maximum absolute atomic E-state index is 13.1. The molecular formula is C9H9F4NO. The molecule has 0 spiro atoms. The molecule has 3 N–H and O–H groups in total. The molecule has 0 fully saturated rings. The van der Waals surface area contributed by atoms with E-state index in [4.69, 9.17) is 10.8 Å². The molecule has 0 radical (unpaired) electrons. The number of aliphatic hydroxyl groups excluding tert-OH is 1. The largest absolute Gasteiger partial charge is 0.396 e. The zero-order valence-corrected chi connectivity index (χ0v) is 7.61. The van der Waals surface area contributed by atoms with Gasteiger partial charge in [-0.25, -0.2) is 17.6 Å². The highest BCUT2D eigenvalue weighted by molar-refractivity contribution is 5.24. The Morgan fingerprint density at radius 1 is 1.13 bits per heavy atom. The molecule has 0 heterocycles. The van der Waals surface area contributed by atoms with Crippen LogP contribution < -0.4 is 5.73 Å². The Balaban J connectivity index is 3.19. The first-order valence-electron chi connectivity index (χ1n) is 4.18. The predicted molar refractivity (Wildman–Crippen MR) is 44.9 cm³/mol. The van der Waals surface area contributed by atoms with Crippen LogP contribution in [0.1, 0.15) is 18.0 Å². The first-order chi connectivity index (χ1) is 6.99. The van der Waals surface area contributed by atoms with Crippen molar-refractivity contribution in [3.63, 3.8) is 0 Å². The number of hydrogen-bond donors (Lipinski definition) is 2. The number of rotatable bonds is 3. The number of hydrogen-bond acceptors (Lipinski definition) is 2. The van der Waals surface area contributed by atoms with Crippen LogP contribution in [-0.4, -0.2) is 11.7 Å². The lowest BCUT2D eigenvalue weighted by atomic mass is 10.0. The zero-order valence-electron chi connectivity index (χ0n) is 7.61. The van der Waals surface area contributed by atoms with Gasteiger partial charge < -0.3 is 10.8 Å². The standard InChI is InChI=1S/C9H9F4NO/c10-5-3-4(6(14)1-2-15)7(11)9(13)8(5)12/h3,6,15H,1-2,14H2. The SMILES string of the molecule is NC(CCO)c1cc(F)c(F)c(F)c1F. The highest BCUT2D eigenvalue weighted by Crippen LogP contribution is 2.23. The van der Waals surface area contributed by atoms with Gasteiger partial charge in [-0.15, -0.1) is 0 Å². The molecule has 84 valence electrons. The lowest BCUT2D eigenvalue weighted by molar-refractivity contribution is 0.274. The van der Waals surface area contributed by atoms with Crippen LogP contribution in [0.3, 0.4) is 0 Å². The van der Waals surface area contributed by atoms with E-state index in [0.29, 0.717) is 6.07 Å². The third kappa shape index (κ3) is 2.27. The lowest BCUT2D eigenvalue weighted by Gasteiger charge is -2.12. The fourth-order valence-corrected chi connectivity index (χ4v) is 1.16. The minimum absolute atomic E-state index is 0.0680. The minimum Gasteiger partial charge on any atom is -0.396 e. The van der Waals surface area contributed by atoms with Gasteiger partial charge in [-0.1, -0.05) is 0 Å². The van der Waals surface area contributed by atoms with Crippen molar-refractivity contribution in [1.82, 2.24) is 0 Å². The first-order valence-corrected chi connectivity index (χ1v) is 4.18. The van der Waals surface area contributed by atoms with Crippen LogP contribution in [0.25, 0.3) is 0 Å². The average Bonchev–Trinajstić information content (AvgIpc) is 2.20. The van der Waals surface area contributed by atoms with Crippen LogP contribution in [0.4, 0.5) is 17.6 Å². The summed E-state index contributed by atoms with van der Waals surface area (Å²) in [4.78, 5) is 0. The van der Waals surface area contributed by atoms with Crippen LogP contribution in [0.2, 0.25) is 0 Å². The molecule has 1 atom stereocenters. The van der Waals surface area contributed by atoms with Gasteiger partial charge in [0.25, 0.3) is 0 Å². The van der Waals surface area contributed by atoms with Gasteiger partial charge in [0.2, 0.25) is 0 Å². The Kier molecular flexibility index (Phi) is 3.65. The summed E-state index contributed by atoms with van der Waals surface area (Å²) in [5.41, 5.74) is 4.85. The van der Waals surface area contributed by atoms with Gasteiger partial charge in [0.1, 0.15) is 0 Å². The van der Waals surface area contributed by atoms with Crippen molar-refractivity contribution >= 4 is 0 Å². The summed E-state index contributed by atoms with van der Waals surface area (Å²) >= 11 is 0. The molecule has 0 aromatic heterocycles. The summed E-state index contributed by atoms with van der Waals surface area (Å²) in [7, 11) is 0. The first kappa shape index (κ1) is 11.9. The third-order valence-electron chi connectivity index (χ3n) is 1.97. The summed E-state index contributed by atoms with van der Waals surface area (Å²) in [6.07, 6.45) is -0.0680. The van der Waals surface area contributed by atoms with E-state index < -0.39 is 34.9 Å². The maximum atomic E-state index is 13.1. The monoisotopic (exact) mass is 223 g/mol. The molecule has 6 heteroatoms. The van der Waals surface area contributed by atoms with Crippen molar-refractivity contribution in [2.75, 3.05) is 6.61 Å². The summed E-state index contributed by atoms with van der Waals surface area (Å²) in [5, 5.41) is 8.52. The smallest absolute Gasteiger partial charge is 0.197 e. The Morgan fingerprint density at radius 2 is 1.73 bits per heavy atom. The van der Waals surface area contributed by atoms with Gasteiger partial charge in [0.15, 0.2) is 23.3 Å². The molecule has 2 nitrogen and oxygen atoms in total. The topological polar surface area (TPSA) is 46.2 Å². The van der Waals surface area contributed by atoms with Gasteiger partial charge in [0.05, 0.1) is 0 Å². The number of nitrogens with two attached hydrogens (primary N) is 1. The molecular weight excluding hydrogens is 214 g/mol. The quantitative estimate of drug-likeness (QED) is 0.464. The number of aliphatic hydroxyl groups is 1. The van der Waals surface area contributed by atoms with E-state index in [-0.39, 0.29) is 13.0 Å². The number of halogens is 4. The van der Waals surface area contributed by atoms with Gasteiger partial charge in [-0.05, 0) is 12.5 Å². The fourth-order valence-electron chi connectivity index (χ4n) is 1.16. The van der Waals surface area contributed by atoms with Crippen molar-refractivity contribution in [3.8, 4) is 0 Å². The molecule has 1 unspecified atom stereocenters.